The molecule has 0 bridgehead atoms. The molecular weight excluding hydrogens is 473 g/mol. The summed E-state index contributed by atoms with van der Waals surface area (Å²) in [7, 11) is -3.94. The SMILES string of the molecule is CCc1ccc(OP(=O)(Oc2ccc(CC)cc2)[C@@H](CC(C)C)NC(=O)OCc2ccccc2)cc1. The summed E-state index contributed by atoms with van der Waals surface area (Å²) >= 11 is 0. The second-order valence-electron chi connectivity index (χ2n) is 9.07. The van der Waals surface area contributed by atoms with E-state index in [4.69, 9.17) is 13.8 Å². The van der Waals surface area contributed by atoms with Crippen molar-refractivity contribution in [3.63, 3.8) is 0 Å². The summed E-state index contributed by atoms with van der Waals surface area (Å²) < 4.78 is 31.9. The Hall–Kier alpha value is -3.24. The third-order valence-electron chi connectivity index (χ3n) is 5.70. The Morgan fingerprint density at radius 1 is 0.778 bits per heavy atom. The first kappa shape index (κ1) is 27.3. The molecule has 0 unspecified atom stereocenters. The molecule has 0 saturated carbocycles. The first-order valence-corrected chi connectivity index (χ1v) is 14.1. The van der Waals surface area contributed by atoms with Crippen LogP contribution in [0.1, 0.15) is 50.8 Å². The number of hydrogen-bond acceptors (Lipinski definition) is 5. The summed E-state index contributed by atoms with van der Waals surface area (Å²) in [6.45, 7) is 8.20. The number of hydrogen-bond donors (Lipinski definition) is 1. The molecule has 6 nitrogen and oxygen atoms in total. The molecule has 3 aromatic carbocycles. The van der Waals surface area contributed by atoms with Gasteiger partial charge in [0, 0.05) is 0 Å². The fourth-order valence-electron chi connectivity index (χ4n) is 3.63. The highest BCUT2D eigenvalue weighted by Crippen LogP contribution is 2.53. The number of alkyl carbamates (subject to hydrolysis) is 1. The van der Waals surface area contributed by atoms with Gasteiger partial charge in [0.15, 0.2) is 5.78 Å². The van der Waals surface area contributed by atoms with Crippen molar-refractivity contribution in [2.24, 2.45) is 5.92 Å². The number of benzene rings is 3. The zero-order chi connectivity index (χ0) is 26.0. The Bertz CT molecular complexity index is 1080. The third kappa shape index (κ3) is 8.17. The highest BCUT2D eigenvalue weighted by molar-refractivity contribution is 7.55. The molecule has 1 N–H and O–H groups in total. The fourth-order valence-corrected chi connectivity index (χ4v) is 5.69. The van der Waals surface area contributed by atoms with Crippen LogP contribution in [0.25, 0.3) is 0 Å². The van der Waals surface area contributed by atoms with Gasteiger partial charge in [0.05, 0.1) is 0 Å². The normalized spacial score (nSPS) is 12.1. The second kappa shape index (κ2) is 13.2. The average Bonchev–Trinajstić information content (AvgIpc) is 2.88. The van der Waals surface area contributed by atoms with Gasteiger partial charge in [-0.15, -0.1) is 0 Å². The number of rotatable bonds is 12. The van der Waals surface area contributed by atoms with Crippen LogP contribution >= 0.6 is 7.60 Å². The van der Waals surface area contributed by atoms with E-state index >= 15 is 0 Å². The Morgan fingerprint density at radius 2 is 1.28 bits per heavy atom. The Morgan fingerprint density at radius 3 is 1.72 bits per heavy atom. The first-order chi connectivity index (χ1) is 17.3. The molecule has 0 saturated heterocycles. The van der Waals surface area contributed by atoms with E-state index in [-0.39, 0.29) is 12.5 Å². The molecular formula is C29H36NO5P. The van der Waals surface area contributed by atoms with E-state index < -0.39 is 19.5 Å². The Kier molecular flexibility index (Phi) is 10.0. The lowest BCUT2D eigenvalue weighted by molar-refractivity contribution is 0.136. The average molecular weight is 510 g/mol. The van der Waals surface area contributed by atoms with Gasteiger partial charge >= 0.3 is 13.7 Å². The molecule has 7 heteroatoms. The van der Waals surface area contributed by atoms with Crippen molar-refractivity contribution in [3.8, 4) is 11.5 Å². The van der Waals surface area contributed by atoms with E-state index in [0.717, 1.165) is 29.5 Å². The molecule has 0 radical (unpaired) electrons. The minimum absolute atomic E-state index is 0.101. The minimum Gasteiger partial charge on any atom is -0.445 e. The molecule has 0 aromatic heterocycles. The van der Waals surface area contributed by atoms with Crippen LogP contribution in [0.15, 0.2) is 78.9 Å². The molecule has 36 heavy (non-hydrogen) atoms. The van der Waals surface area contributed by atoms with Crippen molar-refractivity contribution in [1.82, 2.24) is 5.32 Å². The van der Waals surface area contributed by atoms with Crippen LogP contribution in [-0.4, -0.2) is 11.9 Å². The number of aryl methyl sites for hydroxylation is 2. The Labute approximate surface area is 214 Å². The van der Waals surface area contributed by atoms with Crippen LogP contribution in [0.2, 0.25) is 0 Å². The summed E-state index contributed by atoms with van der Waals surface area (Å²) in [6.07, 6.45) is 1.45. The molecule has 0 aliphatic carbocycles. The molecule has 3 rings (SSSR count). The molecule has 0 aliphatic heterocycles. The lowest BCUT2D eigenvalue weighted by Gasteiger charge is -2.29. The molecule has 0 aliphatic rings. The summed E-state index contributed by atoms with van der Waals surface area (Å²) in [4.78, 5) is 12.8. The van der Waals surface area contributed by atoms with Gasteiger partial charge < -0.3 is 19.1 Å². The summed E-state index contributed by atoms with van der Waals surface area (Å²) in [5.74, 6) is 0.00945. The summed E-state index contributed by atoms with van der Waals surface area (Å²) in [5.41, 5.74) is 3.12. The first-order valence-electron chi connectivity index (χ1n) is 12.4. The molecule has 1 amide bonds. The van der Waals surface area contributed by atoms with Crippen molar-refractivity contribution in [1.29, 1.82) is 0 Å². The van der Waals surface area contributed by atoms with Gasteiger partial charge in [0.2, 0.25) is 0 Å². The van der Waals surface area contributed by atoms with Gasteiger partial charge in [0.1, 0.15) is 18.1 Å². The molecule has 3 aromatic rings. The van der Waals surface area contributed by atoms with Gasteiger partial charge in [0.25, 0.3) is 0 Å². The lowest BCUT2D eigenvalue weighted by Crippen LogP contribution is -2.38. The monoisotopic (exact) mass is 509 g/mol. The van der Waals surface area contributed by atoms with E-state index in [0.29, 0.717) is 17.9 Å². The third-order valence-corrected chi connectivity index (χ3v) is 7.74. The van der Waals surface area contributed by atoms with Crippen molar-refractivity contribution >= 4 is 13.7 Å². The number of ether oxygens (including phenoxy) is 1. The van der Waals surface area contributed by atoms with E-state index in [9.17, 15) is 9.36 Å². The van der Waals surface area contributed by atoms with Gasteiger partial charge in [-0.2, -0.15) is 0 Å². The van der Waals surface area contributed by atoms with Crippen LogP contribution in [0.5, 0.6) is 11.5 Å². The standard InChI is InChI=1S/C29H36NO5P/c1-5-23-12-16-26(17-13-23)34-36(32,35-27-18-14-24(6-2)15-19-27)28(20-22(3)4)30-29(31)33-21-25-10-8-7-9-11-25/h7-19,22,28H,5-6,20-21H2,1-4H3,(H,30,31)/t28-/m0/s1. The van der Waals surface area contributed by atoms with E-state index in [1.54, 1.807) is 24.3 Å². The minimum atomic E-state index is -3.94. The molecule has 0 fully saturated rings. The maximum atomic E-state index is 14.4. The van der Waals surface area contributed by atoms with Gasteiger partial charge in [-0.05, 0) is 66.1 Å². The summed E-state index contributed by atoms with van der Waals surface area (Å²) in [6, 6.07) is 24.2. The molecule has 192 valence electrons. The number of amides is 1. The predicted molar refractivity (Wildman–Crippen MR) is 144 cm³/mol. The van der Waals surface area contributed by atoms with Crippen molar-refractivity contribution in [2.75, 3.05) is 0 Å². The van der Waals surface area contributed by atoms with Crippen LogP contribution in [-0.2, 0) is 28.8 Å². The summed E-state index contributed by atoms with van der Waals surface area (Å²) in [5, 5.41) is 2.77. The fraction of sp³-hybridized carbons (Fsp3) is 0.345. The van der Waals surface area contributed by atoms with Crippen molar-refractivity contribution < 1.29 is 23.1 Å². The number of carbonyl (C=O) groups is 1. The van der Waals surface area contributed by atoms with E-state index in [1.807, 2.05) is 68.4 Å². The van der Waals surface area contributed by atoms with Gasteiger partial charge in [-0.1, -0.05) is 82.3 Å². The number of carbonyl (C=O) groups excluding carboxylic acids is 1. The quantitative estimate of drug-likeness (QED) is 0.253. The highest BCUT2D eigenvalue weighted by Gasteiger charge is 2.41. The van der Waals surface area contributed by atoms with Gasteiger partial charge in [-0.25, -0.2) is 9.36 Å². The van der Waals surface area contributed by atoms with Crippen LogP contribution < -0.4 is 14.4 Å². The van der Waals surface area contributed by atoms with E-state index in [2.05, 4.69) is 19.2 Å². The second-order valence-corrected chi connectivity index (χ2v) is 11.1. The van der Waals surface area contributed by atoms with E-state index in [1.165, 1.54) is 0 Å². The van der Waals surface area contributed by atoms with Crippen molar-refractivity contribution in [2.45, 2.75) is 59.3 Å². The van der Waals surface area contributed by atoms with Gasteiger partial charge in [-0.3, -0.25) is 0 Å². The van der Waals surface area contributed by atoms with Crippen LogP contribution in [0, 0.1) is 5.92 Å². The number of nitrogens with one attached hydrogen (secondary N) is 1. The van der Waals surface area contributed by atoms with Crippen LogP contribution in [0.3, 0.4) is 0 Å². The zero-order valence-corrected chi connectivity index (χ0v) is 22.4. The molecule has 0 spiro atoms. The topological polar surface area (TPSA) is 73.9 Å². The zero-order valence-electron chi connectivity index (χ0n) is 21.5. The smallest absolute Gasteiger partial charge is 0.445 e. The largest absolute Gasteiger partial charge is 0.453 e. The van der Waals surface area contributed by atoms with Crippen molar-refractivity contribution in [3.05, 3.63) is 95.6 Å². The predicted octanol–water partition coefficient (Wildman–Crippen LogP) is 7.76. The van der Waals surface area contributed by atoms with Crippen LogP contribution in [0.4, 0.5) is 4.79 Å². The molecule has 0 heterocycles. The lowest BCUT2D eigenvalue weighted by atomic mass is 10.1. The Balaban J connectivity index is 1.86. The maximum absolute atomic E-state index is 14.4. The highest BCUT2D eigenvalue weighted by atomic mass is 31.2. The maximum Gasteiger partial charge on any atom is 0.453 e. The molecule has 1 atom stereocenters.